The molecule has 2 fully saturated rings. The normalized spacial score (nSPS) is 26.3. The number of aliphatic imine (C=N–C) groups is 1. The number of rotatable bonds is 3. The van der Waals surface area contributed by atoms with Gasteiger partial charge in [0.2, 0.25) is 0 Å². The predicted octanol–water partition coefficient (Wildman–Crippen LogP) is 2.63. The third-order valence-electron chi connectivity index (χ3n) is 3.91. The number of hydrogen-bond acceptors (Lipinski definition) is 2. The molecular weight excluding hydrogens is 398 g/mol. The fourth-order valence-electron chi connectivity index (χ4n) is 2.80. The highest BCUT2D eigenvalue weighted by atomic mass is 127. The van der Waals surface area contributed by atoms with E-state index in [-0.39, 0.29) is 35.9 Å². The van der Waals surface area contributed by atoms with Crippen LogP contribution in [0.25, 0.3) is 0 Å². The largest absolute Gasteiger partial charge is 0.390 e. The van der Waals surface area contributed by atoms with E-state index in [4.69, 9.17) is 4.74 Å². The summed E-state index contributed by atoms with van der Waals surface area (Å²) < 4.78 is 42.0. The third kappa shape index (κ3) is 5.46. The van der Waals surface area contributed by atoms with Crippen molar-refractivity contribution in [1.29, 1.82) is 0 Å². The van der Waals surface area contributed by atoms with E-state index in [1.165, 1.54) is 0 Å². The van der Waals surface area contributed by atoms with Crippen LogP contribution in [0.1, 0.15) is 26.2 Å². The summed E-state index contributed by atoms with van der Waals surface area (Å²) in [4.78, 5) is 6.17. The number of hydrogen-bond donors (Lipinski definition) is 1. The first-order chi connectivity index (χ1) is 9.44. The molecule has 4 nitrogen and oxygen atoms in total. The summed E-state index contributed by atoms with van der Waals surface area (Å²) in [5.41, 5.74) is 0.181. The topological polar surface area (TPSA) is 36.9 Å². The van der Waals surface area contributed by atoms with Crippen molar-refractivity contribution >= 4 is 29.9 Å². The fourth-order valence-corrected chi connectivity index (χ4v) is 2.80. The number of alkyl halides is 3. The van der Waals surface area contributed by atoms with E-state index in [1.807, 2.05) is 6.92 Å². The molecule has 0 aromatic rings. The molecular formula is C13H23F3IN3O. The maximum Gasteiger partial charge on any atom is 0.390 e. The first-order valence-electron chi connectivity index (χ1n) is 7.12. The lowest BCUT2D eigenvalue weighted by molar-refractivity contribution is -0.132. The molecule has 2 aliphatic rings. The van der Waals surface area contributed by atoms with Crippen molar-refractivity contribution in [3.05, 3.63) is 0 Å². The first kappa shape index (κ1) is 18.8. The standard InChI is InChI=1S/C13H22F3N3O.HI/c1-2-17-11(18-6-3-13(14,15)16)19-7-4-12(9-19)5-8-20-10-12;/h2-10H2,1H3,(H,17,18);1H. The van der Waals surface area contributed by atoms with Crippen molar-refractivity contribution < 1.29 is 17.9 Å². The lowest BCUT2D eigenvalue weighted by Crippen LogP contribution is -2.41. The number of nitrogens with zero attached hydrogens (tertiary/aromatic N) is 2. The minimum atomic E-state index is -4.15. The zero-order valence-corrected chi connectivity index (χ0v) is 14.5. The van der Waals surface area contributed by atoms with Gasteiger partial charge in [0.15, 0.2) is 5.96 Å². The second-order valence-electron chi connectivity index (χ2n) is 5.57. The Morgan fingerprint density at radius 2 is 2.14 bits per heavy atom. The summed E-state index contributed by atoms with van der Waals surface area (Å²) in [5, 5.41) is 3.08. The van der Waals surface area contributed by atoms with Gasteiger partial charge in [0, 0.05) is 31.7 Å². The molecule has 0 amide bonds. The molecule has 21 heavy (non-hydrogen) atoms. The number of likely N-dealkylation sites (tertiary alicyclic amines) is 1. The molecule has 124 valence electrons. The van der Waals surface area contributed by atoms with Crippen molar-refractivity contribution in [2.24, 2.45) is 10.4 Å². The minimum absolute atomic E-state index is 0. The van der Waals surface area contributed by atoms with E-state index < -0.39 is 12.6 Å². The van der Waals surface area contributed by atoms with Gasteiger partial charge in [-0.3, -0.25) is 4.99 Å². The van der Waals surface area contributed by atoms with E-state index in [1.54, 1.807) is 0 Å². The molecule has 0 aromatic heterocycles. The SMILES string of the molecule is CCNC(=NCCC(F)(F)F)N1CCC2(CCOC2)C1.I. The van der Waals surface area contributed by atoms with Crippen molar-refractivity contribution in [2.75, 3.05) is 39.4 Å². The highest BCUT2D eigenvalue weighted by Crippen LogP contribution is 2.38. The average molecular weight is 421 g/mol. The summed E-state index contributed by atoms with van der Waals surface area (Å²) >= 11 is 0. The fraction of sp³-hybridized carbons (Fsp3) is 0.923. The predicted molar refractivity (Wildman–Crippen MR) is 86.1 cm³/mol. The third-order valence-corrected chi connectivity index (χ3v) is 3.91. The number of ether oxygens (including phenoxy) is 1. The second-order valence-corrected chi connectivity index (χ2v) is 5.57. The van der Waals surface area contributed by atoms with Crippen LogP contribution in [0, 0.1) is 5.41 Å². The molecule has 2 heterocycles. The molecule has 1 atom stereocenters. The zero-order valence-electron chi connectivity index (χ0n) is 12.2. The molecule has 2 rings (SSSR count). The van der Waals surface area contributed by atoms with Gasteiger partial charge in [-0.25, -0.2) is 0 Å². The molecule has 0 aliphatic carbocycles. The molecule has 2 saturated heterocycles. The highest BCUT2D eigenvalue weighted by Gasteiger charge is 2.42. The summed E-state index contributed by atoms with van der Waals surface area (Å²) in [6.45, 7) is 5.56. The van der Waals surface area contributed by atoms with Crippen molar-refractivity contribution in [1.82, 2.24) is 10.2 Å². The molecule has 0 radical (unpaired) electrons. The van der Waals surface area contributed by atoms with Crippen LogP contribution in [-0.4, -0.2) is 56.4 Å². The Labute approximate surface area is 140 Å². The molecule has 1 spiro atoms. The van der Waals surface area contributed by atoms with E-state index in [2.05, 4.69) is 15.2 Å². The van der Waals surface area contributed by atoms with Gasteiger partial charge in [-0.05, 0) is 19.8 Å². The Morgan fingerprint density at radius 3 is 2.71 bits per heavy atom. The van der Waals surface area contributed by atoms with E-state index in [9.17, 15) is 13.2 Å². The number of nitrogens with one attached hydrogen (secondary N) is 1. The van der Waals surface area contributed by atoms with Crippen molar-refractivity contribution in [3.8, 4) is 0 Å². The van der Waals surface area contributed by atoms with Crippen LogP contribution < -0.4 is 5.32 Å². The molecule has 0 aromatic carbocycles. The van der Waals surface area contributed by atoms with E-state index in [0.717, 1.165) is 39.1 Å². The maximum atomic E-state index is 12.2. The summed E-state index contributed by atoms with van der Waals surface area (Å²) in [7, 11) is 0. The quantitative estimate of drug-likeness (QED) is 0.433. The van der Waals surface area contributed by atoms with Gasteiger partial charge in [0.05, 0.1) is 19.6 Å². The van der Waals surface area contributed by atoms with Gasteiger partial charge in [-0.15, -0.1) is 24.0 Å². The van der Waals surface area contributed by atoms with Gasteiger partial charge in [-0.2, -0.15) is 13.2 Å². The Kier molecular flexibility index (Phi) is 7.02. The van der Waals surface area contributed by atoms with Gasteiger partial charge >= 0.3 is 6.18 Å². The van der Waals surface area contributed by atoms with Crippen LogP contribution in [0.3, 0.4) is 0 Å². The highest BCUT2D eigenvalue weighted by molar-refractivity contribution is 14.0. The van der Waals surface area contributed by atoms with Gasteiger partial charge in [-0.1, -0.05) is 0 Å². The van der Waals surface area contributed by atoms with Gasteiger partial charge in [0.25, 0.3) is 0 Å². The summed E-state index contributed by atoms with van der Waals surface area (Å²) in [6, 6.07) is 0. The number of guanidine groups is 1. The molecule has 1 unspecified atom stereocenters. The summed E-state index contributed by atoms with van der Waals surface area (Å²) in [5.74, 6) is 0.598. The molecule has 8 heteroatoms. The Bertz CT molecular complexity index is 357. The lowest BCUT2D eigenvalue weighted by Gasteiger charge is -2.25. The van der Waals surface area contributed by atoms with Crippen LogP contribution in [0.5, 0.6) is 0 Å². The molecule has 0 bridgehead atoms. The van der Waals surface area contributed by atoms with Crippen LogP contribution in [0.2, 0.25) is 0 Å². The second kappa shape index (κ2) is 7.85. The first-order valence-corrected chi connectivity index (χ1v) is 7.12. The molecule has 2 aliphatic heterocycles. The molecule has 1 N–H and O–H groups in total. The summed E-state index contributed by atoms with van der Waals surface area (Å²) in [6.07, 6.45) is -2.96. The Hall–Kier alpha value is -0.250. The van der Waals surface area contributed by atoms with Crippen molar-refractivity contribution in [2.45, 2.75) is 32.4 Å². The van der Waals surface area contributed by atoms with Crippen LogP contribution in [-0.2, 0) is 4.74 Å². The minimum Gasteiger partial charge on any atom is -0.381 e. The van der Waals surface area contributed by atoms with E-state index >= 15 is 0 Å². The Balaban J connectivity index is 0.00000220. The Morgan fingerprint density at radius 1 is 1.38 bits per heavy atom. The monoisotopic (exact) mass is 421 g/mol. The zero-order chi connectivity index (χ0) is 14.6. The van der Waals surface area contributed by atoms with Crippen LogP contribution >= 0.6 is 24.0 Å². The van der Waals surface area contributed by atoms with E-state index in [0.29, 0.717) is 12.5 Å². The van der Waals surface area contributed by atoms with Crippen molar-refractivity contribution in [3.63, 3.8) is 0 Å². The maximum absolute atomic E-state index is 12.2. The molecule has 0 saturated carbocycles. The van der Waals surface area contributed by atoms with Crippen LogP contribution in [0.15, 0.2) is 4.99 Å². The van der Waals surface area contributed by atoms with Gasteiger partial charge in [0.1, 0.15) is 0 Å². The van der Waals surface area contributed by atoms with Gasteiger partial charge < -0.3 is 15.0 Å². The number of halogens is 4. The van der Waals surface area contributed by atoms with Crippen LogP contribution in [0.4, 0.5) is 13.2 Å². The smallest absolute Gasteiger partial charge is 0.381 e. The average Bonchev–Trinajstić information content (AvgIpc) is 2.98. The lowest BCUT2D eigenvalue weighted by atomic mass is 9.87.